The predicted octanol–water partition coefficient (Wildman–Crippen LogP) is -0.699. The van der Waals surface area contributed by atoms with Crippen molar-refractivity contribution >= 4 is 34.6 Å². The van der Waals surface area contributed by atoms with Crippen molar-refractivity contribution < 1.29 is 31.4 Å². The molecule has 0 atom stereocenters. The van der Waals surface area contributed by atoms with Gasteiger partial charge in [-0.15, -0.1) is 0 Å². The largest absolute Gasteiger partial charge is 1.00 e. The van der Waals surface area contributed by atoms with Crippen LogP contribution in [0.4, 0.5) is 5.95 Å². The number of fused-ring (bicyclic) bond motifs is 1. The SMILES string of the molecule is Nc1n(CC(=O)O)c2ccccc2[n+]1Cc1ccccc1Cl.[Br-]. The molecule has 5 nitrogen and oxygen atoms in total. The molecule has 3 N–H and O–H groups in total. The highest BCUT2D eigenvalue weighted by atomic mass is 79.9. The molecule has 0 fully saturated rings. The molecule has 0 aliphatic carbocycles. The van der Waals surface area contributed by atoms with Crippen molar-refractivity contribution in [1.82, 2.24) is 4.57 Å². The Labute approximate surface area is 148 Å². The molecular weight excluding hydrogens is 382 g/mol. The number of para-hydroxylation sites is 2. The van der Waals surface area contributed by atoms with Crippen LogP contribution in [0.1, 0.15) is 5.56 Å². The van der Waals surface area contributed by atoms with Gasteiger partial charge in [-0.25, -0.2) is 13.9 Å². The molecule has 3 aromatic rings. The van der Waals surface area contributed by atoms with Crippen LogP contribution >= 0.6 is 11.6 Å². The van der Waals surface area contributed by atoms with Gasteiger partial charge in [-0.2, -0.15) is 0 Å². The Morgan fingerprint density at radius 3 is 2.52 bits per heavy atom. The molecule has 0 radical (unpaired) electrons. The maximum Gasteiger partial charge on any atom is 0.356 e. The molecule has 0 saturated heterocycles. The predicted molar refractivity (Wildman–Crippen MR) is 84.7 cm³/mol. The Morgan fingerprint density at radius 1 is 1.17 bits per heavy atom. The topological polar surface area (TPSA) is 72.1 Å². The van der Waals surface area contributed by atoms with E-state index < -0.39 is 5.97 Å². The van der Waals surface area contributed by atoms with Gasteiger partial charge >= 0.3 is 11.9 Å². The monoisotopic (exact) mass is 395 g/mol. The Bertz CT molecular complexity index is 864. The highest BCUT2D eigenvalue weighted by Crippen LogP contribution is 2.19. The number of imidazole rings is 1. The fraction of sp³-hybridized carbons (Fsp3) is 0.125. The number of nitrogens with two attached hydrogens (primary N) is 1. The number of hydrogen-bond donors (Lipinski definition) is 2. The number of aliphatic carboxylic acids is 1. The van der Waals surface area contributed by atoms with Gasteiger partial charge in [0, 0.05) is 10.6 Å². The van der Waals surface area contributed by atoms with Crippen LogP contribution < -0.4 is 27.3 Å². The number of hydrogen-bond acceptors (Lipinski definition) is 2. The molecule has 0 unspecified atom stereocenters. The summed E-state index contributed by atoms with van der Waals surface area (Å²) in [6.45, 7) is 0.306. The molecule has 0 amide bonds. The molecule has 0 aliphatic rings. The summed E-state index contributed by atoms with van der Waals surface area (Å²) >= 11 is 6.21. The van der Waals surface area contributed by atoms with Crippen LogP contribution in [-0.4, -0.2) is 15.6 Å². The number of benzene rings is 2. The fourth-order valence-corrected chi connectivity index (χ4v) is 2.77. The summed E-state index contributed by atoms with van der Waals surface area (Å²) in [4.78, 5) is 11.1. The second-order valence-electron chi connectivity index (χ2n) is 5.00. The van der Waals surface area contributed by atoms with Crippen LogP contribution in [0.2, 0.25) is 5.02 Å². The molecule has 3 rings (SSSR count). The average Bonchev–Trinajstić information content (AvgIpc) is 2.75. The molecule has 1 heterocycles. The first-order valence-corrected chi connectivity index (χ1v) is 7.17. The third-order valence-corrected chi connectivity index (χ3v) is 3.96. The lowest BCUT2D eigenvalue weighted by atomic mass is 10.2. The van der Waals surface area contributed by atoms with E-state index in [0.717, 1.165) is 16.6 Å². The lowest BCUT2D eigenvalue weighted by Crippen LogP contribution is -3.00. The van der Waals surface area contributed by atoms with Gasteiger partial charge < -0.3 is 22.1 Å². The summed E-state index contributed by atoms with van der Waals surface area (Å²) in [6, 6.07) is 15.1. The van der Waals surface area contributed by atoms with Gasteiger partial charge in [-0.3, -0.25) is 5.73 Å². The van der Waals surface area contributed by atoms with E-state index in [0.29, 0.717) is 17.5 Å². The number of nitrogens with zero attached hydrogens (tertiary/aromatic N) is 2. The number of carboxylic acids is 1. The molecule has 7 heteroatoms. The molecule has 2 aromatic carbocycles. The Kier molecular flexibility index (Phi) is 5.28. The van der Waals surface area contributed by atoms with Crippen molar-refractivity contribution in [3.63, 3.8) is 0 Å². The Morgan fingerprint density at radius 2 is 1.83 bits per heavy atom. The number of carbonyl (C=O) groups is 1. The quantitative estimate of drug-likeness (QED) is 0.573. The van der Waals surface area contributed by atoms with E-state index in [1.54, 1.807) is 4.57 Å². The molecule has 0 saturated carbocycles. The summed E-state index contributed by atoms with van der Waals surface area (Å²) < 4.78 is 3.47. The molecule has 0 spiro atoms. The molecule has 0 aliphatic heterocycles. The van der Waals surface area contributed by atoms with Gasteiger partial charge in [0.15, 0.2) is 6.54 Å². The van der Waals surface area contributed by atoms with Crippen molar-refractivity contribution in [2.24, 2.45) is 0 Å². The third-order valence-electron chi connectivity index (χ3n) is 3.60. The minimum Gasteiger partial charge on any atom is -1.00 e. The lowest BCUT2D eigenvalue weighted by Gasteiger charge is -2.04. The van der Waals surface area contributed by atoms with E-state index in [2.05, 4.69) is 0 Å². The van der Waals surface area contributed by atoms with Crippen LogP contribution in [0.3, 0.4) is 0 Å². The van der Waals surface area contributed by atoms with Crippen molar-refractivity contribution in [3.05, 3.63) is 59.1 Å². The van der Waals surface area contributed by atoms with Gasteiger partial charge in [0.2, 0.25) is 0 Å². The first-order chi connectivity index (χ1) is 10.6. The zero-order valence-electron chi connectivity index (χ0n) is 12.1. The highest BCUT2D eigenvalue weighted by molar-refractivity contribution is 6.31. The van der Waals surface area contributed by atoms with Crippen LogP contribution in [0, 0.1) is 0 Å². The fourth-order valence-electron chi connectivity index (χ4n) is 2.58. The minimum absolute atomic E-state index is 0. The molecular formula is C16H15BrClN3O2. The van der Waals surface area contributed by atoms with Gasteiger partial charge in [0.25, 0.3) is 0 Å². The van der Waals surface area contributed by atoms with E-state index in [9.17, 15) is 4.79 Å². The third kappa shape index (κ3) is 3.33. The number of rotatable bonds is 4. The second kappa shape index (κ2) is 7.02. The standard InChI is InChI=1S/C16H14ClN3O2.BrH/c17-12-6-2-1-5-11(12)9-19-13-7-3-4-8-14(13)20(16(19)18)10-15(21)22;/h1-8,18H,9-10H2,(H,21,22);1H. The van der Waals surface area contributed by atoms with E-state index in [4.69, 9.17) is 22.4 Å². The Balaban J connectivity index is 0.00000192. The first kappa shape index (κ1) is 17.3. The lowest BCUT2D eigenvalue weighted by molar-refractivity contribution is -0.648. The van der Waals surface area contributed by atoms with E-state index in [-0.39, 0.29) is 23.5 Å². The van der Waals surface area contributed by atoms with Gasteiger partial charge in [-0.1, -0.05) is 41.9 Å². The summed E-state index contributed by atoms with van der Waals surface area (Å²) in [6.07, 6.45) is 0. The van der Waals surface area contributed by atoms with Crippen LogP contribution in [-0.2, 0) is 17.9 Å². The molecule has 1 aromatic heterocycles. The minimum atomic E-state index is -0.933. The highest BCUT2D eigenvalue weighted by Gasteiger charge is 2.22. The summed E-state index contributed by atoms with van der Waals surface area (Å²) in [5, 5.41) is 9.74. The van der Waals surface area contributed by atoms with Crippen molar-refractivity contribution in [1.29, 1.82) is 0 Å². The smallest absolute Gasteiger partial charge is 0.356 e. The van der Waals surface area contributed by atoms with Crippen molar-refractivity contribution in [3.8, 4) is 0 Å². The number of anilines is 1. The molecule has 120 valence electrons. The second-order valence-corrected chi connectivity index (χ2v) is 5.41. The first-order valence-electron chi connectivity index (χ1n) is 6.79. The van der Waals surface area contributed by atoms with Crippen molar-refractivity contribution in [2.75, 3.05) is 5.73 Å². The molecule has 23 heavy (non-hydrogen) atoms. The van der Waals surface area contributed by atoms with E-state index in [1.165, 1.54) is 0 Å². The average molecular weight is 397 g/mol. The van der Waals surface area contributed by atoms with E-state index in [1.807, 2.05) is 53.1 Å². The molecule has 0 bridgehead atoms. The summed E-state index contributed by atoms with van der Waals surface area (Å²) in [5.74, 6) is -0.541. The van der Waals surface area contributed by atoms with Gasteiger partial charge in [-0.05, 0) is 18.2 Å². The number of carboxylic acid groups (broad SMARTS) is 1. The number of halogens is 2. The maximum atomic E-state index is 11.1. The number of nitrogen functional groups attached to an aromatic ring is 1. The van der Waals surface area contributed by atoms with Crippen LogP contribution in [0.15, 0.2) is 48.5 Å². The van der Waals surface area contributed by atoms with E-state index >= 15 is 0 Å². The Hall–Kier alpha value is -2.05. The van der Waals surface area contributed by atoms with Gasteiger partial charge in [0.1, 0.15) is 11.0 Å². The van der Waals surface area contributed by atoms with Crippen LogP contribution in [0.25, 0.3) is 11.0 Å². The zero-order chi connectivity index (χ0) is 15.7. The normalized spacial score (nSPS) is 10.5. The van der Waals surface area contributed by atoms with Gasteiger partial charge in [0.05, 0.1) is 6.54 Å². The number of aromatic nitrogens is 2. The summed E-state index contributed by atoms with van der Waals surface area (Å²) in [7, 11) is 0. The maximum absolute atomic E-state index is 11.1. The van der Waals surface area contributed by atoms with Crippen molar-refractivity contribution in [2.45, 2.75) is 13.1 Å². The summed E-state index contributed by atoms with van der Waals surface area (Å²) in [5.41, 5.74) is 8.77. The zero-order valence-corrected chi connectivity index (χ0v) is 14.5. The van der Waals surface area contributed by atoms with Crippen LogP contribution in [0.5, 0.6) is 0 Å².